The Labute approximate surface area is 232 Å². The topological polar surface area (TPSA) is 99.8 Å². The van der Waals surface area contributed by atoms with E-state index in [1.54, 1.807) is 12.3 Å². The molecule has 210 valence electrons. The molecule has 4 rings (SSSR count). The maximum Gasteiger partial charge on any atom is 0.247 e. The summed E-state index contributed by atoms with van der Waals surface area (Å²) in [7, 11) is 3.69. The van der Waals surface area contributed by atoms with Gasteiger partial charge in [0, 0.05) is 6.20 Å². The maximum absolute atomic E-state index is 13.9. The highest BCUT2D eigenvalue weighted by Gasteiger charge is 2.38. The third-order valence-corrected chi connectivity index (χ3v) is 7.21. The Bertz CT molecular complexity index is 1130. The summed E-state index contributed by atoms with van der Waals surface area (Å²) in [5, 5.41) is 8.73. The average molecular weight is 535 g/mol. The van der Waals surface area contributed by atoms with Crippen molar-refractivity contribution in [2.24, 2.45) is 11.8 Å². The Morgan fingerprint density at radius 1 is 1.00 bits per heavy atom. The number of hydrogen-bond donors (Lipinski definition) is 3. The summed E-state index contributed by atoms with van der Waals surface area (Å²) in [6.45, 7) is 7.78. The number of hydrogen-bond acceptors (Lipinski definition) is 5. The van der Waals surface area contributed by atoms with E-state index in [2.05, 4.69) is 16.0 Å². The van der Waals surface area contributed by atoms with Gasteiger partial charge >= 0.3 is 0 Å². The van der Waals surface area contributed by atoms with Gasteiger partial charge in [0.2, 0.25) is 17.7 Å². The molecular formula is C31H42N4O4. The van der Waals surface area contributed by atoms with E-state index >= 15 is 0 Å². The predicted molar refractivity (Wildman–Crippen MR) is 154 cm³/mol. The first-order valence-corrected chi connectivity index (χ1v) is 13.7. The van der Waals surface area contributed by atoms with Crippen LogP contribution in [0.5, 0.6) is 5.75 Å². The van der Waals surface area contributed by atoms with E-state index in [0.717, 1.165) is 11.1 Å². The predicted octanol–water partition coefficient (Wildman–Crippen LogP) is 3.38. The summed E-state index contributed by atoms with van der Waals surface area (Å²) >= 11 is 0. The maximum atomic E-state index is 13.9. The molecule has 0 aromatic heterocycles. The molecule has 5 unspecified atom stereocenters. The fourth-order valence-corrected chi connectivity index (χ4v) is 4.55. The molecule has 8 heteroatoms. The van der Waals surface area contributed by atoms with Gasteiger partial charge in [0.25, 0.3) is 0 Å². The molecule has 0 spiro atoms. The van der Waals surface area contributed by atoms with Crippen LogP contribution in [0, 0.1) is 11.8 Å². The molecule has 0 fully saturated rings. The van der Waals surface area contributed by atoms with Crippen LogP contribution in [-0.4, -0.2) is 60.9 Å². The molecule has 2 bridgehead atoms. The van der Waals surface area contributed by atoms with E-state index in [1.807, 2.05) is 101 Å². The molecule has 0 aliphatic carbocycles. The van der Waals surface area contributed by atoms with Crippen LogP contribution in [0.4, 0.5) is 0 Å². The second-order valence-corrected chi connectivity index (χ2v) is 10.8. The van der Waals surface area contributed by atoms with Gasteiger partial charge in [-0.05, 0) is 61.7 Å². The molecule has 2 heterocycles. The van der Waals surface area contributed by atoms with Crippen molar-refractivity contribution in [1.29, 1.82) is 0 Å². The number of rotatable bonds is 8. The number of nitrogens with one attached hydrogen (secondary N) is 3. The van der Waals surface area contributed by atoms with Gasteiger partial charge in [0.15, 0.2) is 0 Å². The molecule has 3 N–H and O–H groups in total. The first-order valence-electron chi connectivity index (χ1n) is 13.7. The number of nitrogens with zero attached hydrogens (tertiary/aromatic N) is 1. The molecule has 3 amide bonds. The van der Waals surface area contributed by atoms with Crippen LogP contribution in [-0.2, 0) is 20.8 Å². The number of ether oxygens (including phenoxy) is 1. The number of carbonyl (C=O) groups excluding carboxylic acids is 3. The van der Waals surface area contributed by atoms with Gasteiger partial charge in [-0.15, -0.1) is 0 Å². The molecular weight excluding hydrogens is 492 g/mol. The monoisotopic (exact) mass is 534 g/mol. The fourth-order valence-electron chi connectivity index (χ4n) is 4.55. The first-order chi connectivity index (χ1) is 18.6. The van der Waals surface area contributed by atoms with E-state index in [9.17, 15) is 14.4 Å². The second kappa shape index (κ2) is 13.9. The lowest BCUT2D eigenvalue weighted by molar-refractivity contribution is -0.136. The van der Waals surface area contributed by atoms with Gasteiger partial charge in [-0.1, -0.05) is 76.6 Å². The molecule has 2 aliphatic rings. The van der Waals surface area contributed by atoms with Crippen molar-refractivity contribution in [3.8, 4) is 5.75 Å². The zero-order chi connectivity index (χ0) is 28.5. The van der Waals surface area contributed by atoms with Crippen LogP contribution in [0.1, 0.15) is 45.2 Å². The van der Waals surface area contributed by atoms with Crippen molar-refractivity contribution >= 4 is 23.8 Å². The molecule has 2 aromatic carbocycles. The Morgan fingerprint density at radius 2 is 1.67 bits per heavy atom. The lowest BCUT2D eigenvalue weighted by atomic mass is 9.94. The van der Waals surface area contributed by atoms with Crippen LogP contribution in [0.25, 0.3) is 6.08 Å². The summed E-state index contributed by atoms with van der Waals surface area (Å²) in [4.78, 5) is 42.6. The third kappa shape index (κ3) is 8.17. The summed E-state index contributed by atoms with van der Waals surface area (Å²) in [5.41, 5.74) is 1.91. The summed E-state index contributed by atoms with van der Waals surface area (Å²) in [5.74, 6) is -0.734. The molecule has 0 saturated heterocycles. The fraction of sp³-hybridized carbons (Fsp3) is 0.452. The number of benzene rings is 2. The molecule has 8 nitrogen and oxygen atoms in total. The first kappa shape index (κ1) is 29.9. The zero-order valence-corrected chi connectivity index (χ0v) is 23.8. The van der Waals surface area contributed by atoms with Gasteiger partial charge in [-0.2, -0.15) is 0 Å². The minimum absolute atomic E-state index is 0.128. The minimum atomic E-state index is -1.03. The van der Waals surface area contributed by atoms with Gasteiger partial charge in [0.1, 0.15) is 23.9 Å². The van der Waals surface area contributed by atoms with Crippen molar-refractivity contribution in [1.82, 2.24) is 20.9 Å². The van der Waals surface area contributed by atoms with E-state index in [-0.39, 0.29) is 23.7 Å². The second-order valence-electron chi connectivity index (χ2n) is 10.8. The molecule has 39 heavy (non-hydrogen) atoms. The Morgan fingerprint density at radius 3 is 2.26 bits per heavy atom. The van der Waals surface area contributed by atoms with Crippen molar-refractivity contribution in [3.63, 3.8) is 0 Å². The largest absolute Gasteiger partial charge is 0.487 e. The standard InChI is InChI=1S/C31H42N4O4/c1-7-21(4)26-30(37)32-18-17-22-13-15-24(16-14-22)39-28(20(2)3)27(31(38)33-26)34-29(36)25(35(5)6)19-23-11-9-8-10-12-23/h8-18,20-21,25-28H,7,19H2,1-6H3,(H,32,37)(H,33,38)(H,34,36)/b18-17+. The lowest BCUT2D eigenvalue weighted by Gasteiger charge is -2.34. The van der Waals surface area contributed by atoms with E-state index < -0.39 is 30.1 Å². The number of carbonyl (C=O) groups is 3. The normalized spacial score (nSPS) is 22.3. The summed E-state index contributed by atoms with van der Waals surface area (Å²) in [6, 6.07) is 14.8. The van der Waals surface area contributed by atoms with Gasteiger partial charge < -0.3 is 20.7 Å². The molecule has 2 aromatic rings. The smallest absolute Gasteiger partial charge is 0.247 e. The van der Waals surface area contributed by atoms with Crippen LogP contribution in [0.3, 0.4) is 0 Å². The van der Waals surface area contributed by atoms with E-state index in [1.165, 1.54) is 0 Å². The van der Waals surface area contributed by atoms with Crippen LogP contribution in [0.2, 0.25) is 0 Å². The van der Waals surface area contributed by atoms with Gasteiger partial charge in [-0.25, -0.2) is 0 Å². The molecule has 0 saturated carbocycles. The number of amides is 3. The van der Waals surface area contributed by atoms with E-state index in [4.69, 9.17) is 4.74 Å². The number of fused-ring (bicyclic) bond motifs is 10. The Balaban J connectivity index is 1.99. The Hall–Kier alpha value is -3.65. The highest BCUT2D eigenvalue weighted by molar-refractivity contribution is 5.94. The third-order valence-electron chi connectivity index (χ3n) is 7.21. The van der Waals surface area contributed by atoms with E-state index in [0.29, 0.717) is 18.6 Å². The van der Waals surface area contributed by atoms with Crippen LogP contribution in [0.15, 0.2) is 60.8 Å². The van der Waals surface area contributed by atoms with Gasteiger partial charge in [0.05, 0.1) is 6.04 Å². The summed E-state index contributed by atoms with van der Waals surface area (Å²) < 4.78 is 6.35. The number of likely N-dealkylation sites (N-methyl/N-ethyl adjacent to an activating group) is 1. The molecule has 2 aliphatic heterocycles. The molecule has 0 radical (unpaired) electrons. The zero-order valence-electron chi connectivity index (χ0n) is 23.8. The SMILES string of the molecule is CCC(C)C1NC(=O)C(NC(=O)C(Cc2ccccc2)N(C)C)C(C(C)C)Oc2ccc(cc2)/C=C/NC1=O. The van der Waals surface area contributed by atoms with Crippen LogP contribution < -0.4 is 20.7 Å². The highest BCUT2D eigenvalue weighted by atomic mass is 16.5. The minimum Gasteiger partial charge on any atom is -0.487 e. The average Bonchev–Trinajstić information content (AvgIpc) is 2.92. The summed E-state index contributed by atoms with van der Waals surface area (Å²) in [6.07, 6.45) is 3.85. The lowest BCUT2D eigenvalue weighted by Crippen LogP contribution is -2.62. The van der Waals surface area contributed by atoms with Crippen molar-refractivity contribution in [2.75, 3.05) is 14.1 Å². The van der Waals surface area contributed by atoms with Crippen LogP contribution >= 0.6 is 0 Å². The van der Waals surface area contributed by atoms with Crippen molar-refractivity contribution in [3.05, 3.63) is 71.9 Å². The Kier molecular flexibility index (Phi) is 10.7. The van der Waals surface area contributed by atoms with Gasteiger partial charge in [-0.3, -0.25) is 19.3 Å². The van der Waals surface area contributed by atoms with Crippen molar-refractivity contribution < 1.29 is 19.1 Å². The quantitative estimate of drug-likeness (QED) is 0.482. The molecule has 5 atom stereocenters. The highest BCUT2D eigenvalue weighted by Crippen LogP contribution is 2.21. The van der Waals surface area contributed by atoms with Crippen molar-refractivity contribution in [2.45, 2.75) is 64.8 Å².